The molecule has 7 rings (SSSR count). The minimum Gasteiger partial charge on any atom is -0.269 e. The van der Waals surface area contributed by atoms with E-state index < -0.39 is 0 Å². The van der Waals surface area contributed by atoms with Crippen LogP contribution in [-0.2, 0) is 19.3 Å². The molecular weight excluding hydrogens is 470 g/mol. The molecule has 1 nitrogen and oxygen atoms in total. The Balaban J connectivity index is 0.000000191. The molecule has 0 saturated heterocycles. The fraction of sp³-hybridized carbons (Fsp3) is 0.171. The zero-order valence-corrected chi connectivity index (χ0v) is 21.9. The number of rotatable bonds is 1. The van der Waals surface area contributed by atoms with Crippen molar-refractivity contribution in [2.75, 3.05) is 0 Å². The topological polar surface area (TPSA) is 12.4 Å². The molecule has 0 fully saturated rings. The molecular formula is C35H30ClN. The Morgan fingerprint density at radius 3 is 2.54 bits per heavy atom. The summed E-state index contributed by atoms with van der Waals surface area (Å²) >= 11 is 6.24. The Hall–Kier alpha value is -3.68. The maximum atomic E-state index is 6.24. The van der Waals surface area contributed by atoms with Crippen LogP contribution >= 0.6 is 11.6 Å². The van der Waals surface area contributed by atoms with Crippen molar-refractivity contribution in [3.05, 3.63) is 133 Å². The van der Waals surface area contributed by atoms with Crippen LogP contribution in [0.1, 0.15) is 42.0 Å². The van der Waals surface area contributed by atoms with Crippen LogP contribution in [0, 0.1) is 10.4 Å². The van der Waals surface area contributed by atoms with Crippen molar-refractivity contribution in [1.29, 1.82) is 0 Å². The summed E-state index contributed by atoms with van der Waals surface area (Å²) in [6, 6.07) is 27.9. The molecule has 0 bridgehead atoms. The van der Waals surface area contributed by atoms with Crippen molar-refractivity contribution in [2.45, 2.75) is 39.0 Å². The van der Waals surface area contributed by atoms with Crippen LogP contribution < -0.4 is 10.4 Å². The van der Waals surface area contributed by atoms with Crippen LogP contribution in [0.25, 0.3) is 28.9 Å². The van der Waals surface area contributed by atoms with Crippen molar-refractivity contribution in [3.63, 3.8) is 0 Å². The lowest BCUT2D eigenvalue weighted by Crippen LogP contribution is -2.22. The summed E-state index contributed by atoms with van der Waals surface area (Å²) in [6.07, 6.45) is 13.9. The van der Waals surface area contributed by atoms with Gasteiger partial charge in [0.15, 0.2) is 0 Å². The third-order valence-electron chi connectivity index (χ3n) is 7.72. The average Bonchev–Trinajstić information content (AvgIpc) is 3.19. The predicted octanol–water partition coefficient (Wildman–Crippen LogP) is 7.42. The molecule has 2 aliphatic carbocycles. The quantitative estimate of drug-likeness (QED) is 0.258. The summed E-state index contributed by atoms with van der Waals surface area (Å²) < 4.78 is 0. The van der Waals surface area contributed by atoms with Crippen LogP contribution in [-0.4, -0.2) is 6.21 Å². The average molecular weight is 500 g/mol. The molecule has 0 amide bonds. The highest BCUT2D eigenvalue weighted by molar-refractivity contribution is 6.30. The monoisotopic (exact) mass is 499 g/mol. The van der Waals surface area contributed by atoms with Gasteiger partial charge in [-0.05, 0) is 105 Å². The van der Waals surface area contributed by atoms with E-state index >= 15 is 0 Å². The van der Waals surface area contributed by atoms with Gasteiger partial charge in [0.25, 0.3) is 0 Å². The van der Waals surface area contributed by atoms with Gasteiger partial charge in [0, 0.05) is 23.9 Å². The van der Waals surface area contributed by atoms with Crippen LogP contribution in [0.5, 0.6) is 0 Å². The standard InChI is InChI=1S/C25H21Cl.C10H9N/c1-16-5-2-9-21-19(16)11-12-25-22-10-4-8-20(23(22)13-14-24(21)25)17-6-3-7-18(26)15-17;1-2-4-10-6-8-11-7-5-9(10)3-1/h3-4,6-8,10-13,15H,2,5,9,14H2,1H3;1-5,7-8H,6H2. The van der Waals surface area contributed by atoms with Gasteiger partial charge in [-0.2, -0.15) is 0 Å². The van der Waals surface area contributed by atoms with E-state index in [1.54, 1.807) is 11.1 Å². The summed E-state index contributed by atoms with van der Waals surface area (Å²) in [6.45, 7) is 2.29. The fourth-order valence-corrected chi connectivity index (χ4v) is 6.07. The van der Waals surface area contributed by atoms with Gasteiger partial charge in [0.2, 0.25) is 0 Å². The first kappa shape index (κ1) is 23.7. The highest BCUT2D eigenvalue weighted by Gasteiger charge is 2.14. The molecule has 37 heavy (non-hydrogen) atoms. The minimum absolute atomic E-state index is 0.788. The molecule has 0 unspecified atom stereocenters. The van der Waals surface area contributed by atoms with E-state index in [-0.39, 0.29) is 0 Å². The summed E-state index contributed by atoms with van der Waals surface area (Å²) in [7, 11) is 0. The van der Waals surface area contributed by atoms with Crippen LogP contribution in [0.15, 0.2) is 90.1 Å². The predicted molar refractivity (Wildman–Crippen MR) is 158 cm³/mol. The van der Waals surface area contributed by atoms with Gasteiger partial charge in [-0.25, -0.2) is 0 Å². The normalized spacial score (nSPS) is 14.7. The van der Waals surface area contributed by atoms with Gasteiger partial charge in [-0.1, -0.05) is 90.0 Å². The fourth-order valence-electron chi connectivity index (χ4n) is 5.88. The molecule has 1 aliphatic heterocycles. The first-order valence-corrected chi connectivity index (χ1v) is 13.5. The molecule has 4 aromatic carbocycles. The number of hydrogen-bond donors (Lipinski definition) is 0. The van der Waals surface area contributed by atoms with E-state index in [0.29, 0.717) is 0 Å². The van der Waals surface area contributed by atoms with Gasteiger partial charge in [-0.15, -0.1) is 0 Å². The van der Waals surface area contributed by atoms with E-state index in [4.69, 9.17) is 11.6 Å². The second-order valence-corrected chi connectivity index (χ2v) is 10.4. The minimum atomic E-state index is 0.788. The first-order valence-electron chi connectivity index (χ1n) is 13.2. The van der Waals surface area contributed by atoms with Gasteiger partial charge < -0.3 is 0 Å². The summed E-state index contributed by atoms with van der Waals surface area (Å²) in [5.74, 6) is 0. The van der Waals surface area contributed by atoms with Gasteiger partial charge in [0.1, 0.15) is 0 Å². The summed E-state index contributed by atoms with van der Waals surface area (Å²) in [5.41, 5.74) is 9.77. The van der Waals surface area contributed by atoms with Crippen molar-refractivity contribution in [2.24, 2.45) is 4.99 Å². The SMILES string of the molecule is C1=Cc2ccccc2CC=N1.CC1=c2ccc3c(c2CCC1)CC=c1c(-c2cccc(Cl)c2)cccc1=3. The maximum Gasteiger partial charge on any atom is 0.0412 e. The number of halogens is 1. The lowest BCUT2D eigenvalue weighted by Gasteiger charge is -2.19. The van der Waals surface area contributed by atoms with E-state index in [1.807, 2.05) is 30.6 Å². The van der Waals surface area contributed by atoms with E-state index in [0.717, 1.165) is 17.9 Å². The Morgan fingerprint density at radius 1 is 0.757 bits per heavy atom. The summed E-state index contributed by atoms with van der Waals surface area (Å²) in [4.78, 5) is 4.08. The van der Waals surface area contributed by atoms with Gasteiger partial charge in [-0.3, -0.25) is 4.99 Å². The number of hydrogen-bond acceptors (Lipinski definition) is 1. The largest absolute Gasteiger partial charge is 0.269 e. The molecule has 0 radical (unpaired) electrons. The number of aliphatic imine (C=N–C) groups is 1. The molecule has 0 spiro atoms. The zero-order valence-electron chi connectivity index (χ0n) is 21.2. The number of nitrogens with zero attached hydrogens (tertiary/aromatic N) is 1. The van der Waals surface area contributed by atoms with E-state index in [9.17, 15) is 0 Å². The molecule has 0 N–H and O–H groups in total. The van der Waals surface area contributed by atoms with Crippen molar-refractivity contribution in [3.8, 4) is 11.1 Å². The Bertz CT molecular complexity index is 1780. The zero-order chi connectivity index (χ0) is 25.2. The van der Waals surface area contributed by atoms with Crippen molar-refractivity contribution >= 4 is 35.5 Å². The van der Waals surface area contributed by atoms with Crippen molar-refractivity contribution in [1.82, 2.24) is 0 Å². The van der Waals surface area contributed by atoms with E-state index in [2.05, 4.69) is 84.7 Å². The molecule has 182 valence electrons. The summed E-state index contributed by atoms with van der Waals surface area (Å²) in [5, 5.41) is 6.41. The highest BCUT2D eigenvalue weighted by atomic mass is 35.5. The second-order valence-electron chi connectivity index (χ2n) is 9.99. The molecule has 0 saturated carbocycles. The molecule has 4 aromatic rings. The van der Waals surface area contributed by atoms with Crippen molar-refractivity contribution < 1.29 is 0 Å². The van der Waals surface area contributed by atoms with Crippen LogP contribution in [0.3, 0.4) is 0 Å². The molecule has 0 aromatic heterocycles. The van der Waals surface area contributed by atoms with Crippen LogP contribution in [0.4, 0.5) is 0 Å². The third kappa shape index (κ3) is 4.72. The van der Waals surface area contributed by atoms with Gasteiger partial charge >= 0.3 is 0 Å². The Morgan fingerprint density at radius 2 is 1.62 bits per heavy atom. The number of benzene rings is 4. The molecule has 0 atom stereocenters. The maximum absolute atomic E-state index is 6.24. The smallest absolute Gasteiger partial charge is 0.0412 e. The lowest BCUT2D eigenvalue weighted by molar-refractivity contribution is 0.805. The second kappa shape index (κ2) is 10.4. The van der Waals surface area contributed by atoms with Crippen LogP contribution in [0.2, 0.25) is 5.02 Å². The molecule has 3 aliphatic rings. The lowest BCUT2D eigenvalue weighted by atomic mass is 9.85. The third-order valence-corrected chi connectivity index (χ3v) is 7.96. The highest BCUT2D eigenvalue weighted by Crippen LogP contribution is 2.24. The Labute approximate surface area is 223 Å². The first-order chi connectivity index (χ1) is 18.2. The van der Waals surface area contributed by atoms with E-state index in [1.165, 1.54) is 68.0 Å². The molecule has 2 heteroatoms. The molecule has 1 heterocycles. The Kier molecular flexibility index (Phi) is 6.64. The van der Waals surface area contributed by atoms with Gasteiger partial charge in [0.05, 0.1) is 0 Å². The number of fused-ring (bicyclic) bond motifs is 5.